The molecule has 0 radical (unpaired) electrons. The van der Waals surface area contributed by atoms with Crippen molar-refractivity contribution in [2.75, 3.05) is 11.1 Å². The Bertz CT molecular complexity index is 794. The molecule has 1 aliphatic carbocycles. The molecule has 1 aromatic carbocycles. The molecule has 2 heterocycles. The molecule has 0 bridgehead atoms. The van der Waals surface area contributed by atoms with Crippen LogP contribution in [-0.2, 0) is 6.42 Å². The van der Waals surface area contributed by atoms with Gasteiger partial charge < -0.3 is 16.0 Å². The second-order valence-corrected chi connectivity index (χ2v) is 5.37. The number of aryl methyl sites for hydroxylation is 1. The van der Waals surface area contributed by atoms with Gasteiger partial charge in [0.1, 0.15) is 11.8 Å². The SMILES string of the molecule is Nc1ccc2c(c1)CCCC2Nc1ncnc2nc[nH]c12. The van der Waals surface area contributed by atoms with Crippen LogP contribution in [0.3, 0.4) is 0 Å². The number of rotatable bonds is 2. The fraction of sp³-hybridized carbons (Fsp3) is 0.267. The van der Waals surface area contributed by atoms with Crippen molar-refractivity contribution in [3.8, 4) is 0 Å². The monoisotopic (exact) mass is 280 g/mol. The van der Waals surface area contributed by atoms with Crippen molar-refractivity contribution in [3.63, 3.8) is 0 Å². The number of aromatic amines is 1. The molecular weight excluding hydrogens is 264 g/mol. The molecule has 21 heavy (non-hydrogen) atoms. The number of hydrogen-bond acceptors (Lipinski definition) is 5. The van der Waals surface area contributed by atoms with E-state index in [1.807, 2.05) is 6.07 Å². The van der Waals surface area contributed by atoms with Gasteiger partial charge in [-0.1, -0.05) is 6.07 Å². The number of hydrogen-bond donors (Lipinski definition) is 3. The highest BCUT2D eigenvalue weighted by Crippen LogP contribution is 2.33. The van der Waals surface area contributed by atoms with Gasteiger partial charge in [-0.05, 0) is 42.5 Å². The number of anilines is 2. The molecule has 0 spiro atoms. The second-order valence-electron chi connectivity index (χ2n) is 5.37. The molecule has 6 heteroatoms. The first-order valence-corrected chi connectivity index (χ1v) is 7.10. The van der Waals surface area contributed by atoms with Gasteiger partial charge in [-0.25, -0.2) is 15.0 Å². The summed E-state index contributed by atoms with van der Waals surface area (Å²) in [5.74, 6) is 0.798. The van der Waals surface area contributed by atoms with Crippen LogP contribution in [0.1, 0.15) is 30.0 Å². The molecule has 4 N–H and O–H groups in total. The van der Waals surface area contributed by atoms with Crippen LogP contribution in [0.25, 0.3) is 11.2 Å². The minimum Gasteiger partial charge on any atom is -0.399 e. The number of fused-ring (bicyclic) bond motifs is 2. The highest BCUT2D eigenvalue weighted by molar-refractivity contribution is 5.82. The fourth-order valence-electron chi connectivity index (χ4n) is 3.02. The van der Waals surface area contributed by atoms with Crippen molar-refractivity contribution < 1.29 is 0 Å². The maximum absolute atomic E-state index is 5.89. The highest BCUT2D eigenvalue weighted by Gasteiger charge is 2.21. The van der Waals surface area contributed by atoms with Crippen LogP contribution in [0.2, 0.25) is 0 Å². The standard InChI is InChI=1S/C15H16N6/c16-10-4-5-11-9(6-10)2-1-3-12(11)21-15-13-14(18-7-17-13)19-8-20-15/h4-8,12H,1-3,16H2,(H2,17,18,19,20,21). The Balaban J connectivity index is 1.71. The average Bonchev–Trinajstić information content (AvgIpc) is 2.97. The Morgan fingerprint density at radius 1 is 1.24 bits per heavy atom. The van der Waals surface area contributed by atoms with Gasteiger partial charge in [-0.3, -0.25) is 0 Å². The molecule has 3 aromatic rings. The zero-order valence-electron chi connectivity index (χ0n) is 11.5. The minimum absolute atomic E-state index is 0.246. The third kappa shape index (κ3) is 2.08. The van der Waals surface area contributed by atoms with Crippen molar-refractivity contribution in [1.29, 1.82) is 0 Å². The summed E-state index contributed by atoms with van der Waals surface area (Å²) in [5, 5.41) is 3.52. The van der Waals surface area contributed by atoms with Gasteiger partial charge in [0.2, 0.25) is 0 Å². The van der Waals surface area contributed by atoms with Crippen LogP contribution in [0.15, 0.2) is 30.9 Å². The van der Waals surface area contributed by atoms with Crippen LogP contribution in [0.4, 0.5) is 11.5 Å². The third-order valence-corrected chi connectivity index (χ3v) is 4.02. The number of imidazole rings is 1. The number of benzene rings is 1. The molecule has 2 aromatic heterocycles. The lowest BCUT2D eigenvalue weighted by Crippen LogP contribution is -2.18. The summed E-state index contributed by atoms with van der Waals surface area (Å²) in [6.45, 7) is 0. The molecule has 0 saturated carbocycles. The quantitative estimate of drug-likeness (QED) is 0.627. The number of H-pyrrole nitrogens is 1. The van der Waals surface area contributed by atoms with E-state index >= 15 is 0 Å². The van der Waals surface area contributed by atoms with Crippen molar-refractivity contribution in [1.82, 2.24) is 19.9 Å². The number of nitrogens with two attached hydrogens (primary N) is 1. The predicted octanol–water partition coefficient (Wildman–Crippen LogP) is 2.42. The van der Waals surface area contributed by atoms with E-state index < -0.39 is 0 Å². The van der Waals surface area contributed by atoms with E-state index in [2.05, 4.69) is 37.4 Å². The van der Waals surface area contributed by atoms with Crippen LogP contribution >= 0.6 is 0 Å². The maximum atomic E-state index is 5.89. The fourth-order valence-corrected chi connectivity index (χ4v) is 3.02. The van der Waals surface area contributed by atoms with E-state index in [0.717, 1.165) is 36.3 Å². The molecule has 0 fully saturated rings. The average molecular weight is 280 g/mol. The molecule has 1 atom stereocenters. The Kier molecular flexibility index (Phi) is 2.73. The summed E-state index contributed by atoms with van der Waals surface area (Å²) in [6, 6.07) is 6.41. The molecule has 0 aliphatic heterocycles. The van der Waals surface area contributed by atoms with E-state index in [9.17, 15) is 0 Å². The zero-order valence-corrected chi connectivity index (χ0v) is 11.5. The summed E-state index contributed by atoms with van der Waals surface area (Å²) in [5.41, 5.74) is 10.9. The van der Waals surface area contributed by atoms with Crippen molar-refractivity contribution >= 4 is 22.7 Å². The topological polar surface area (TPSA) is 92.5 Å². The number of nitrogens with zero attached hydrogens (tertiary/aromatic N) is 3. The summed E-state index contributed by atoms with van der Waals surface area (Å²) in [4.78, 5) is 15.7. The molecule has 0 saturated heterocycles. The van der Waals surface area contributed by atoms with Gasteiger partial charge >= 0.3 is 0 Å². The molecule has 4 rings (SSSR count). The van der Waals surface area contributed by atoms with E-state index in [1.54, 1.807) is 6.33 Å². The van der Waals surface area contributed by atoms with Crippen molar-refractivity contribution in [3.05, 3.63) is 42.0 Å². The van der Waals surface area contributed by atoms with Gasteiger partial charge in [0.15, 0.2) is 11.5 Å². The summed E-state index contributed by atoms with van der Waals surface area (Å²) in [6.07, 6.45) is 6.49. The van der Waals surface area contributed by atoms with Gasteiger partial charge in [-0.15, -0.1) is 0 Å². The number of aromatic nitrogens is 4. The molecule has 1 aliphatic rings. The van der Waals surface area contributed by atoms with Gasteiger partial charge in [-0.2, -0.15) is 0 Å². The van der Waals surface area contributed by atoms with E-state index in [4.69, 9.17) is 5.73 Å². The van der Waals surface area contributed by atoms with Crippen LogP contribution < -0.4 is 11.1 Å². The highest BCUT2D eigenvalue weighted by atomic mass is 15.1. The van der Waals surface area contributed by atoms with E-state index in [-0.39, 0.29) is 6.04 Å². The van der Waals surface area contributed by atoms with Gasteiger partial charge in [0.25, 0.3) is 0 Å². The Hall–Kier alpha value is -2.63. The van der Waals surface area contributed by atoms with Crippen LogP contribution in [-0.4, -0.2) is 19.9 Å². The molecular formula is C15H16N6. The Morgan fingerprint density at radius 3 is 3.14 bits per heavy atom. The van der Waals surface area contributed by atoms with E-state index in [0.29, 0.717) is 5.65 Å². The lowest BCUT2D eigenvalue weighted by Gasteiger charge is -2.27. The largest absolute Gasteiger partial charge is 0.399 e. The summed E-state index contributed by atoms with van der Waals surface area (Å²) < 4.78 is 0. The van der Waals surface area contributed by atoms with Gasteiger partial charge in [0, 0.05) is 5.69 Å². The first kappa shape index (κ1) is 12.1. The lowest BCUT2D eigenvalue weighted by atomic mass is 9.87. The summed E-state index contributed by atoms with van der Waals surface area (Å²) >= 11 is 0. The Labute approximate surface area is 121 Å². The molecule has 0 amide bonds. The number of nitrogens with one attached hydrogen (secondary N) is 2. The first-order valence-electron chi connectivity index (χ1n) is 7.10. The number of nitrogen functional groups attached to an aromatic ring is 1. The lowest BCUT2D eigenvalue weighted by molar-refractivity contribution is 0.599. The van der Waals surface area contributed by atoms with E-state index in [1.165, 1.54) is 17.5 Å². The maximum Gasteiger partial charge on any atom is 0.182 e. The molecule has 1 unspecified atom stereocenters. The first-order chi connectivity index (χ1) is 10.3. The normalized spacial score (nSPS) is 17.6. The van der Waals surface area contributed by atoms with Crippen LogP contribution in [0.5, 0.6) is 0 Å². The van der Waals surface area contributed by atoms with Gasteiger partial charge in [0.05, 0.1) is 12.4 Å². The minimum atomic E-state index is 0.246. The molecule has 6 nitrogen and oxygen atoms in total. The predicted molar refractivity (Wildman–Crippen MR) is 81.8 cm³/mol. The second kappa shape index (κ2) is 4.73. The summed E-state index contributed by atoms with van der Waals surface area (Å²) in [7, 11) is 0. The molecule has 106 valence electrons. The third-order valence-electron chi connectivity index (χ3n) is 4.02. The van der Waals surface area contributed by atoms with Crippen molar-refractivity contribution in [2.45, 2.75) is 25.3 Å². The Morgan fingerprint density at radius 2 is 2.19 bits per heavy atom. The smallest absolute Gasteiger partial charge is 0.182 e. The van der Waals surface area contributed by atoms with Crippen molar-refractivity contribution in [2.24, 2.45) is 0 Å². The zero-order chi connectivity index (χ0) is 14.2. The van der Waals surface area contributed by atoms with Crippen LogP contribution in [0, 0.1) is 0 Å².